The summed E-state index contributed by atoms with van der Waals surface area (Å²) in [5.74, 6) is 0.334. The highest BCUT2D eigenvalue weighted by atomic mass is 32.1. The summed E-state index contributed by atoms with van der Waals surface area (Å²) in [6, 6.07) is 20.8. The Kier molecular flexibility index (Phi) is 7.07. The molecule has 0 radical (unpaired) electrons. The number of benzene rings is 2. The molecule has 168 valence electrons. The Hall–Kier alpha value is -2.50. The molecule has 5 heteroatoms. The van der Waals surface area contributed by atoms with Gasteiger partial charge in [-0.3, -0.25) is 9.69 Å². The SMILES string of the molecule is CC(C)(C)c1csc(CN2CCN(C(=O)CC(c3ccccc3)c3ccccc3)CC2)n1. The van der Waals surface area contributed by atoms with Crippen molar-refractivity contribution in [2.24, 2.45) is 0 Å². The summed E-state index contributed by atoms with van der Waals surface area (Å²) in [7, 11) is 0. The number of nitrogens with zero attached hydrogens (tertiary/aromatic N) is 3. The second kappa shape index (κ2) is 9.97. The van der Waals surface area contributed by atoms with Crippen molar-refractivity contribution in [3.05, 3.63) is 87.9 Å². The van der Waals surface area contributed by atoms with E-state index in [0.717, 1.165) is 32.7 Å². The number of hydrogen-bond donors (Lipinski definition) is 0. The van der Waals surface area contributed by atoms with E-state index in [4.69, 9.17) is 4.98 Å². The summed E-state index contributed by atoms with van der Waals surface area (Å²) in [5.41, 5.74) is 3.65. The van der Waals surface area contributed by atoms with Crippen LogP contribution in [0.4, 0.5) is 0 Å². The van der Waals surface area contributed by atoms with Crippen molar-refractivity contribution in [3.63, 3.8) is 0 Å². The number of rotatable bonds is 6. The maximum Gasteiger partial charge on any atom is 0.223 e. The van der Waals surface area contributed by atoms with Crippen LogP contribution < -0.4 is 0 Å². The van der Waals surface area contributed by atoms with Crippen LogP contribution in [0.25, 0.3) is 0 Å². The molecule has 1 saturated heterocycles. The van der Waals surface area contributed by atoms with Crippen LogP contribution in [0.2, 0.25) is 0 Å². The van der Waals surface area contributed by atoms with E-state index in [1.165, 1.54) is 21.8 Å². The van der Waals surface area contributed by atoms with Crippen molar-refractivity contribution in [1.82, 2.24) is 14.8 Å². The highest BCUT2D eigenvalue weighted by Gasteiger charge is 2.26. The van der Waals surface area contributed by atoms with Crippen LogP contribution in [0.1, 0.15) is 54.9 Å². The van der Waals surface area contributed by atoms with Crippen molar-refractivity contribution >= 4 is 17.2 Å². The number of aromatic nitrogens is 1. The Morgan fingerprint density at radius 2 is 1.50 bits per heavy atom. The second-order valence-electron chi connectivity index (χ2n) is 9.61. The first-order chi connectivity index (χ1) is 15.4. The lowest BCUT2D eigenvalue weighted by molar-refractivity contribution is -0.133. The highest BCUT2D eigenvalue weighted by molar-refractivity contribution is 7.09. The van der Waals surface area contributed by atoms with Gasteiger partial charge in [0.2, 0.25) is 5.91 Å². The van der Waals surface area contributed by atoms with Crippen molar-refractivity contribution < 1.29 is 4.79 Å². The molecular weight excluding hydrogens is 414 g/mol. The molecule has 32 heavy (non-hydrogen) atoms. The number of hydrogen-bond acceptors (Lipinski definition) is 4. The van der Waals surface area contributed by atoms with Gasteiger partial charge in [0.15, 0.2) is 0 Å². The minimum absolute atomic E-state index is 0.0912. The summed E-state index contributed by atoms with van der Waals surface area (Å²) in [5, 5.41) is 3.35. The number of thiazole rings is 1. The van der Waals surface area contributed by atoms with E-state index in [2.05, 4.69) is 79.6 Å². The molecule has 1 aliphatic heterocycles. The van der Waals surface area contributed by atoms with E-state index in [0.29, 0.717) is 6.42 Å². The minimum atomic E-state index is 0.0912. The quantitative estimate of drug-likeness (QED) is 0.514. The van der Waals surface area contributed by atoms with Gasteiger partial charge in [-0.15, -0.1) is 11.3 Å². The van der Waals surface area contributed by atoms with Crippen molar-refractivity contribution in [2.45, 2.75) is 45.1 Å². The molecule has 4 nitrogen and oxygen atoms in total. The van der Waals surface area contributed by atoms with Gasteiger partial charge in [0.1, 0.15) is 5.01 Å². The van der Waals surface area contributed by atoms with Gasteiger partial charge < -0.3 is 4.90 Å². The lowest BCUT2D eigenvalue weighted by Crippen LogP contribution is -2.48. The molecule has 0 spiro atoms. The van der Waals surface area contributed by atoms with Gasteiger partial charge in [-0.2, -0.15) is 0 Å². The molecule has 3 aromatic rings. The summed E-state index contributed by atoms with van der Waals surface area (Å²) in [6.45, 7) is 10.9. The van der Waals surface area contributed by atoms with Gasteiger partial charge in [-0.05, 0) is 11.1 Å². The van der Waals surface area contributed by atoms with Crippen molar-refractivity contribution in [2.75, 3.05) is 26.2 Å². The molecular formula is C27H33N3OS. The van der Waals surface area contributed by atoms with E-state index >= 15 is 0 Å². The molecule has 1 fully saturated rings. The third kappa shape index (κ3) is 5.64. The second-order valence-corrected chi connectivity index (χ2v) is 10.6. The van der Waals surface area contributed by atoms with Gasteiger partial charge in [0, 0.05) is 49.3 Å². The van der Waals surface area contributed by atoms with Crippen LogP contribution in [0.3, 0.4) is 0 Å². The molecule has 2 aromatic carbocycles. The Morgan fingerprint density at radius 3 is 2.00 bits per heavy atom. The Labute approximate surface area is 195 Å². The normalized spacial score (nSPS) is 15.3. The largest absolute Gasteiger partial charge is 0.340 e. The lowest BCUT2D eigenvalue weighted by Gasteiger charge is -2.35. The number of piperazine rings is 1. The van der Waals surface area contributed by atoms with E-state index in [1.54, 1.807) is 11.3 Å². The van der Waals surface area contributed by atoms with Gasteiger partial charge in [-0.25, -0.2) is 4.98 Å². The van der Waals surface area contributed by atoms with Gasteiger partial charge in [0.05, 0.1) is 12.2 Å². The first kappa shape index (κ1) is 22.7. The van der Waals surface area contributed by atoms with Crippen LogP contribution in [0.5, 0.6) is 0 Å². The van der Waals surface area contributed by atoms with Crippen LogP contribution in [-0.4, -0.2) is 46.9 Å². The fraction of sp³-hybridized carbons (Fsp3) is 0.407. The molecule has 0 saturated carbocycles. The van der Waals surface area contributed by atoms with Gasteiger partial charge >= 0.3 is 0 Å². The summed E-state index contributed by atoms with van der Waals surface area (Å²) in [4.78, 5) is 22.5. The van der Waals surface area contributed by atoms with E-state index in [1.807, 2.05) is 17.0 Å². The molecule has 4 rings (SSSR count). The summed E-state index contributed by atoms with van der Waals surface area (Å²) in [6.07, 6.45) is 0.509. The summed E-state index contributed by atoms with van der Waals surface area (Å²) >= 11 is 1.75. The first-order valence-corrected chi connectivity index (χ1v) is 12.3. The maximum absolute atomic E-state index is 13.2. The van der Waals surface area contributed by atoms with Crippen molar-refractivity contribution in [3.8, 4) is 0 Å². The average Bonchev–Trinajstić information content (AvgIpc) is 3.28. The fourth-order valence-corrected chi connectivity index (χ4v) is 5.24. The number of carbonyl (C=O) groups excluding carboxylic acids is 1. The zero-order valence-electron chi connectivity index (χ0n) is 19.3. The van der Waals surface area contributed by atoms with Gasteiger partial charge in [-0.1, -0.05) is 81.4 Å². The monoisotopic (exact) mass is 447 g/mol. The smallest absolute Gasteiger partial charge is 0.223 e. The zero-order valence-corrected chi connectivity index (χ0v) is 20.1. The Balaban J connectivity index is 1.36. The minimum Gasteiger partial charge on any atom is -0.340 e. The molecule has 2 heterocycles. The molecule has 0 atom stereocenters. The molecule has 0 aliphatic carbocycles. The Morgan fingerprint density at radius 1 is 0.938 bits per heavy atom. The van der Waals surface area contributed by atoms with E-state index < -0.39 is 0 Å². The average molecular weight is 448 g/mol. The topological polar surface area (TPSA) is 36.4 Å². The third-order valence-corrected chi connectivity index (χ3v) is 7.02. The predicted molar refractivity (Wildman–Crippen MR) is 132 cm³/mol. The third-order valence-electron chi connectivity index (χ3n) is 6.19. The zero-order chi connectivity index (χ0) is 22.6. The van der Waals surface area contributed by atoms with Crippen LogP contribution in [0.15, 0.2) is 66.0 Å². The molecule has 0 unspecified atom stereocenters. The van der Waals surface area contributed by atoms with Crippen molar-refractivity contribution in [1.29, 1.82) is 0 Å². The van der Waals surface area contributed by atoms with E-state index in [-0.39, 0.29) is 17.2 Å². The van der Waals surface area contributed by atoms with Gasteiger partial charge in [0.25, 0.3) is 0 Å². The fourth-order valence-electron chi connectivity index (χ4n) is 4.18. The van der Waals surface area contributed by atoms with Crippen LogP contribution >= 0.6 is 11.3 Å². The maximum atomic E-state index is 13.2. The van der Waals surface area contributed by atoms with Crippen LogP contribution in [-0.2, 0) is 16.8 Å². The lowest BCUT2D eigenvalue weighted by atomic mass is 9.88. The summed E-state index contributed by atoms with van der Waals surface area (Å²) < 4.78 is 0. The first-order valence-electron chi connectivity index (χ1n) is 11.4. The Bertz CT molecular complexity index is 963. The standard InChI is InChI=1S/C27H33N3OS/c1-27(2,3)24-20-32-25(28-24)19-29-14-16-30(17-15-29)26(31)18-23(21-10-6-4-7-11-21)22-12-8-5-9-13-22/h4-13,20,23H,14-19H2,1-3H3. The number of carbonyl (C=O) groups is 1. The van der Waals surface area contributed by atoms with Crippen LogP contribution in [0, 0.1) is 0 Å². The molecule has 1 amide bonds. The molecule has 0 N–H and O–H groups in total. The highest BCUT2D eigenvalue weighted by Crippen LogP contribution is 2.29. The predicted octanol–water partition coefficient (Wildman–Crippen LogP) is 5.31. The molecule has 1 aromatic heterocycles. The number of amides is 1. The molecule has 1 aliphatic rings. The van der Waals surface area contributed by atoms with E-state index in [9.17, 15) is 4.79 Å². The molecule has 0 bridgehead atoms.